The third-order valence-corrected chi connectivity index (χ3v) is 2.06. The first-order valence-corrected chi connectivity index (χ1v) is 5.17. The Hall–Kier alpha value is -2.11. The predicted molar refractivity (Wildman–Crippen MR) is 62.8 cm³/mol. The molecule has 0 atom stereocenters. The highest BCUT2D eigenvalue weighted by atomic mass is 16.6. The topological polar surface area (TPSA) is 92.5 Å². The molecule has 0 saturated heterocycles. The zero-order valence-corrected chi connectivity index (χ0v) is 9.64. The van der Waals surface area contributed by atoms with E-state index in [9.17, 15) is 20.0 Å². The summed E-state index contributed by atoms with van der Waals surface area (Å²) in [5.74, 6) is -0.337. The maximum Gasteiger partial charge on any atom is 0.273 e. The van der Waals surface area contributed by atoms with Gasteiger partial charge in [0.15, 0.2) is 0 Å². The van der Waals surface area contributed by atoms with Crippen molar-refractivity contribution in [3.63, 3.8) is 0 Å². The summed E-state index contributed by atoms with van der Waals surface area (Å²) in [5, 5.41) is 22.4. The van der Waals surface area contributed by atoms with E-state index in [1.54, 1.807) is 0 Å². The van der Waals surface area contributed by atoms with E-state index in [1.807, 2.05) is 13.8 Å². The molecule has 0 aromatic heterocycles. The van der Waals surface area contributed by atoms with Crippen LogP contribution in [0, 0.1) is 16.0 Å². The van der Waals surface area contributed by atoms with Crippen LogP contribution >= 0.6 is 0 Å². The molecule has 1 aromatic rings. The number of nitro groups is 1. The SMILES string of the molecule is CC(C)CC(=O)Nc1ccc([N+](=O)[O-])cc1O. The fraction of sp³-hybridized carbons (Fsp3) is 0.364. The lowest BCUT2D eigenvalue weighted by atomic mass is 10.1. The van der Waals surface area contributed by atoms with Crippen molar-refractivity contribution < 1.29 is 14.8 Å². The fourth-order valence-electron chi connectivity index (χ4n) is 1.31. The quantitative estimate of drug-likeness (QED) is 0.478. The lowest BCUT2D eigenvalue weighted by Gasteiger charge is -2.08. The summed E-state index contributed by atoms with van der Waals surface area (Å²) in [5.41, 5.74) is -0.0365. The molecule has 1 rings (SSSR count). The first-order valence-electron chi connectivity index (χ1n) is 5.17. The fourth-order valence-corrected chi connectivity index (χ4v) is 1.31. The molecule has 0 fully saturated rings. The van der Waals surface area contributed by atoms with Gasteiger partial charge in [0.2, 0.25) is 5.91 Å². The number of rotatable bonds is 4. The van der Waals surface area contributed by atoms with E-state index >= 15 is 0 Å². The van der Waals surface area contributed by atoms with Crippen molar-refractivity contribution in [1.29, 1.82) is 0 Å². The van der Waals surface area contributed by atoms with Crippen LogP contribution in [0.4, 0.5) is 11.4 Å². The molecule has 1 aromatic carbocycles. The Morgan fingerprint density at radius 2 is 2.18 bits per heavy atom. The van der Waals surface area contributed by atoms with E-state index in [-0.39, 0.29) is 28.9 Å². The molecule has 0 saturated carbocycles. The zero-order valence-electron chi connectivity index (χ0n) is 9.64. The number of nitrogens with one attached hydrogen (secondary N) is 1. The van der Waals surface area contributed by atoms with Gasteiger partial charge in [-0.05, 0) is 12.0 Å². The Labute approximate surface area is 98.4 Å². The Kier molecular flexibility index (Phi) is 4.03. The molecule has 0 radical (unpaired) electrons. The molecule has 0 unspecified atom stereocenters. The summed E-state index contributed by atoms with van der Waals surface area (Å²) < 4.78 is 0. The van der Waals surface area contributed by atoms with E-state index in [1.165, 1.54) is 12.1 Å². The second-order valence-electron chi connectivity index (χ2n) is 4.10. The van der Waals surface area contributed by atoms with E-state index in [0.29, 0.717) is 6.42 Å². The van der Waals surface area contributed by atoms with E-state index in [4.69, 9.17) is 0 Å². The first kappa shape index (κ1) is 13.0. The summed E-state index contributed by atoms with van der Waals surface area (Å²) >= 11 is 0. The number of carbonyl (C=O) groups is 1. The minimum absolute atomic E-state index is 0.182. The molecular weight excluding hydrogens is 224 g/mol. The van der Waals surface area contributed by atoms with Gasteiger partial charge in [-0.25, -0.2) is 0 Å². The van der Waals surface area contributed by atoms with Crippen molar-refractivity contribution >= 4 is 17.3 Å². The Balaban J connectivity index is 2.79. The van der Waals surface area contributed by atoms with Gasteiger partial charge in [-0.2, -0.15) is 0 Å². The number of anilines is 1. The number of amides is 1. The summed E-state index contributed by atoms with van der Waals surface area (Å²) in [6, 6.07) is 3.54. The van der Waals surface area contributed by atoms with Crippen molar-refractivity contribution in [2.45, 2.75) is 20.3 Å². The van der Waals surface area contributed by atoms with Crippen LogP contribution in [0.15, 0.2) is 18.2 Å². The number of aromatic hydroxyl groups is 1. The lowest BCUT2D eigenvalue weighted by Crippen LogP contribution is -2.13. The van der Waals surface area contributed by atoms with Crippen LogP contribution in [0.5, 0.6) is 5.75 Å². The van der Waals surface area contributed by atoms with Crippen molar-refractivity contribution in [2.24, 2.45) is 5.92 Å². The minimum Gasteiger partial charge on any atom is -0.506 e. The van der Waals surface area contributed by atoms with Crippen LogP contribution in [0.3, 0.4) is 0 Å². The number of non-ortho nitro benzene ring substituents is 1. The molecule has 0 heterocycles. The summed E-state index contributed by atoms with van der Waals surface area (Å²) in [6.07, 6.45) is 0.330. The van der Waals surface area contributed by atoms with E-state index in [2.05, 4.69) is 5.32 Å². The molecule has 92 valence electrons. The lowest BCUT2D eigenvalue weighted by molar-refractivity contribution is -0.384. The average molecular weight is 238 g/mol. The standard InChI is InChI=1S/C11H14N2O4/c1-7(2)5-11(15)12-9-4-3-8(13(16)17)6-10(9)14/h3-4,6-7,14H,5H2,1-2H3,(H,12,15). The number of carbonyl (C=O) groups excluding carboxylic acids is 1. The molecule has 2 N–H and O–H groups in total. The normalized spacial score (nSPS) is 10.3. The smallest absolute Gasteiger partial charge is 0.273 e. The first-order chi connectivity index (χ1) is 7.90. The van der Waals surface area contributed by atoms with Crippen LogP contribution in [0.1, 0.15) is 20.3 Å². The largest absolute Gasteiger partial charge is 0.506 e. The molecule has 1 amide bonds. The summed E-state index contributed by atoms with van der Waals surface area (Å²) in [4.78, 5) is 21.3. The van der Waals surface area contributed by atoms with Crippen molar-refractivity contribution in [1.82, 2.24) is 0 Å². The molecule has 6 nitrogen and oxygen atoms in total. The van der Waals surface area contributed by atoms with Crippen LogP contribution in [0.25, 0.3) is 0 Å². The van der Waals surface area contributed by atoms with Crippen molar-refractivity contribution in [3.8, 4) is 5.75 Å². The van der Waals surface area contributed by atoms with E-state index in [0.717, 1.165) is 6.07 Å². The van der Waals surface area contributed by atoms with Gasteiger partial charge in [0.1, 0.15) is 5.75 Å². The Morgan fingerprint density at radius 1 is 1.53 bits per heavy atom. The summed E-state index contributed by atoms with van der Waals surface area (Å²) in [6.45, 7) is 3.80. The molecule has 6 heteroatoms. The monoisotopic (exact) mass is 238 g/mol. The maximum absolute atomic E-state index is 11.4. The highest BCUT2D eigenvalue weighted by molar-refractivity contribution is 5.92. The summed E-state index contributed by atoms with van der Waals surface area (Å²) in [7, 11) is 0. The number of benzene rings is 1. The zero-order chi connectivity index (χ0) is 13.0. The third-order valence-electron chi connectivity index (χ3n) is 2.06. The van der Waals surface area contributed by atoms with Crippen LogP contribution < -0.4 is 5.32 Å². The molecule has 0 aliphatic heterocycles. The second-order valence-corrected chi connectivity index (χ2v) is 4.10. The molecule has 0 aliphatic carbocycles. The number of nitrogens with zero attached hydrogens (tertiary/aromatic N) is 1. The van der Waals surface area contributed by atoms with Gasteiger partial charge >= 0.3 is 0 Å². The van der Waals surface area contributed by atoms with Gasteiger partial charge in [-0.15, -0.1) is 0 Å². The Bertz CT molecular complexity index is 443. The number of hydrogen-bond acceptors (Lipinski definition) is 4. The molecule has 17 heavy (non-hydrogen) atoms. The predicted octanol–water partition coefficient (Wildman–Crippen LogP) is 2.29. The number of phenolic OH excluding ortho intramolecular Hbond substituents is 1. The van der Waals surface area contributed by atoms with E-state index < -0.39 is 4.92 Å². The van der Waals surface area contributed by atoms with Gasteiger partial charge in [0, 0.05) is 12.5 Å². The van der Waals surface area contributed by atoms with Crippen molar-refractivity contribution in [3.05, 3.63) is 28.3 Å². The molecule has 0 bridgehead atoms. The van der Waals surface area contributed by atoms with Crippen LogP contribution in [-0.4, -0.2) is 15.9 Å². The highest BCUT2D eigenvalue weighted by Crippen LogP contribution is 2.28. The van der Waals surface area contributed by atoms with Gasteiger partial charge in [0.25, 0.3) is 5.69 Å². The van der Waals surface area contributed by atoms with Crippen LogP contribution in [0.2, 0.25) is 0 Å². The van der Waals surface area contributed by atoms with Crippen molar-refractivity contribution in [2.75, 3.05) is 5.32 Å². The second kappa shape index (κ2) is 5.29. The van der Waals surface area contributed by atoms with Gasteiger partial charge in [0.05, 0.1) is 16.7 Å². The highest BCUT2D eigenvalue weighted by Gasteiger charge is 2.12. The van der Waals surface area contributed by atoms with Crippen LogP contribution in [-0.2, 0) is 4.79 Å². The number of phenols is 1. The third kappa shape index (κ3) is 3.75. The average Bonchev–Trinajstić information content (AvgIpc) is 2.19. The number of hydrogen-bond donors (Lipinski definition) is 2. The Morgan fingerprint density at radius 3 is 2.65 bits per heavy atom. The molecule has 0 spiro atoms. The van der Waals surface area contributed by atoms with Gasteiger partial charge in [-0.3, -0.25) is 14.9 Å². The molecular formula is C11H14N2O4. The van der Waals surface area contributed by atoms with Gasteiger partial charge < -0.3 is 10.4 Å². The molecule has 0 aliphatic rings. The maximum atomic E-state index is 11.4. The van der Waals surface area contributed by atoms with Gasteiger partial charge in [-0.1, -0.05) is 13.8 Å². The number of nitro benzene ring substituents is 1. The minimum atomic E-state index is -0.612.